The third-order valence-corrected chi connectivity index (χ3v) is 5.44. The number of hydrogen-bond acceptors (Lipinski definition) is 4. The van der Waals surface area contributed by atoms with E-state index in [1.54, 1.807) is 12.1 Å². The van der Waals surface area contributed by atoms with Crippen LogP contribution in [0, 0.1) is 17.7 Å². The number of rotatable bonds is 4. The van der Waals surface area contributed by atoms with E-state index in [1.807, 2.05) is 0 Å². The second kappa shape index (κ2) is 6.55. The number of oxazole rings is 1. The number of carbonyl (C=O) groups excluding carboxylic acids is 1. The molecule has 2 aromatic rings. The SMILES string of the molecule is O=C(O)C1C2CCCC2CN1C(=O)Cc1coc(-c2ccc(F)cc2)n1. The number of nitrogens with zero attached hydrogens (tertiary/aromatic N) is 2. The largest absolute Gasteiger partial charge is 0.480 e. The number of aromatic nitrogens is 1. The topological polar surface area (TPSA) is 83.6 Å². The number of carboxylic acids is 1. The molecule has 0 radical (unpaired) electrons. The lowest BCUT2D eigenvalue weighted by Crippen LogP contribution is -2.44. The fraction of sp³-hybridized carbons (Fsp3) is 0.421. The minimum absolute atomic E-state index is 0.00604. The molecule has 4 rings (SSSR count). The monoisotopic (exact) mass is 358 g/mol. The van der Waals surface area contributed by atoms with Crippen molar-refractivity contribution >= 4 is 11.9 Å². The normalized spacial score (nSPS) is 24.7. The van der Waals surface area contributed by atoms with Crippen LogP contribution >= 0.6 is 0 Å². The van der Waals surface area contributed by atoms with E-state index in [2.05, 4.69) is 4.98 Å². The molecule has 1 aliphatic carbocycles. The van der Waals surface area contributed by atoms with Gasteiger partial charge in [0.25, 0.3) is 0 Å². The zero-order chi connectivity index (χ0) is 18.3. The number of halogens is 1. The Bertz CT molecular complexity index is 832. The van der Waals surface area contributed by atoms with E-state index in [-0.39, 0.29) is 30.0 Å². The number of carboxylic acid groups (broad SMARTS) is 1. The number of carbonyl (C=O) groups is 2. The molecule has 2 fully saturated rings. The van der Waals surface area contributed by atoms with E-state index in [4.69, 9.17) is 4.42 Å². The average Bonchev–Trinajstić information content (AvgIpc) is 3.29. The maximum atomic E-state index is 13.0. The quantitative estimate of drug-likeness (QED) is 0.909. The number of amides is 1. The van der Waals surface area contributed by atoms with Crippen molar-refractivity contribution in [3.8, 4) is 11.5 Å². The minimum atomic E-state index is -0.931. The van der Waals surface area contributed by atoms with Crippen LogP contribution in [-0.2, 0) is 16.0 Å². The lowest BCUT2D eigenvalue weighted by Gasteiger charge is -2.24. The highest BCUT2D eigenvalue weighted by Gasteiger charge is 2.49. The van der Waals surface area contributed by atoms with Crippen molar-refractivity contribution in [2.45, 2.75) is 31.7 Å². The molecule has 1 saturated carbocycles. The molecule has 3 unspecified atom stereocenters. The summed E-state index contributed by atoms with van der Waals surface area (Å²) in [4.78, 5) is 30.1. The van der Waals surface area contributed by atoms with Crippen LogP contribution in [0.5, 0.6) is 0 Å². The zero-order valence-corrected chi connectivity index (χ0v) is 14.1. The summed E-state index contributed by atoms with van der Waals surface area (Å²) in [5, 5.41) is 9.56. The summed E-state index contributed by atoms with van der Waals surface area (Å²) < 4.78 is 18.4. The van der Waals surface area contributed by atoms with Crippen molar-refractivity contribution in [1.29, 1.82) is 0 Å². The van der Waals surface area contributed by atoms with Gasteiger partial charge in [-0.15, -0.1) is 0 Å². The van der Waals surface area contributed by atoms with Crippen LogP contribution in [0.3, 0.4) is 0 Å². The van der Waals surface area contributed by atoms with Crippen LogP contribution < -0.4 is 0 Å². The first-order chi connectivity index (χ1) is 12.5. The summed E-state index contributed by atoms with van der Waals surface area (Å²) in [6, 6.07) is 4.98. The van der Waals surface area contributed by atoms with Crippen LogP contribution in [0.2, 0.25) is 0 Å². The third kappa shape index (κ3) is 2.98. The maximum absolute atomic E-state index is 13.0. The average molecular weight is 358 g/mol. The van der Waals surface area contributed by atoms with Crippen molar-refractivity contribution < 1.29 is 23.5 Å². The molecule has 26 heavy (non-hydrogen) atoms. The number of benzene rings is 1. The van der Waals surface area contributed by atoms with Gasteiger partial charge >= 0.3 is 5.97 Å². The van der Waals surface area contributed by atoms with Gasteiger partial charge in [0.05, 0.1) is 12.1 Å². The predicted molar refractivity (Wildman–Crippen MR) is 89.6 cm³/mol. The Kier molecular flexibility index (Phi) is 4.22. The van der Waals surface area contributed by atoms with Gasteiger partial charge in [0.2, 0.25) is 11.8 Å². The standard InChI is InChI=1S/C19H19FN2O4/c20-13-6-4-11(5-7-13)18-21-14(10-26-18)8-16(23)22-9-12-2-1-3-15(12)17(22)19(24)25/h4-7,10,12,15,17H,1-3,8-9H2,(H,24,25). The van der Waals surface area contributed by atoms with Gasteiger partial charge in [-0.05, 0) is 48.9 Å². The fourth-order valence-corrected chi connectivity index (χ4v) is 4.25. The van der Waals surface area contributed by atoms with Crippen molar-refractivity contribution in [1.82, 2.24) is 9.88 Å². The lowest BCUT2D eigenvalue weighted by molar-refractivity contribution is -0.149. The molecule has 1 aromatic carbocycles. The molecule has 2 heterocycles. The lowest BCUT2D eigenvalue weighted by atomic mass is 9.94. The summed E-state index contributed by atoms with van der Waals surface area (Å²) in [6.45, 7) is 0.503. The Hall–Kier alpha value is -2.70. The van der Waals surface area contributed by atoms with Gasteiger partial charge in [0, 0.05) is 12.1 Å². The molecule has 136 valence electrons. The summed E-state index contributed by atoms with van der Waals surface area (Å²) >= 11 is 0. The van der Waals surface area contributed by atoms with Crippen LogP contribution in [0.4, 0.5) is 4.39 Å². The Balaban J connectivity index is 1.48. The third-order valence-electron chi connectivity index (χ3n) is 5.44. The summed E-state index contributed by atoms with van der Waals surface area (Å²) in [5.74, 6) is -0.878. The molecule has 1 saturated heterocycles. The molecule has 3 atom stereocenters. The molecule has 1 aliphatic heterocycles. The van der Waals surface area contributed by atoms with Gasteiger partial charge in [0.15, 0.2) is 0 Å². The highest BCUT2D eigenvalue weighted by atomic mass is 19.1. The van der Waals surface area contributed by atoms with Crippen LogP contribution in [-0.4, -0.2) is 39.5 Å². The number of fused-ring (bicyclic) bond motifs is 1. The summed E-state index contributed by atoms with van der Waals surface area (Å²) in [6.07, 6.45) is 4.27. The molecule has 6 nitrogen and oxygen atoms in total. The second-order valence-electron chi connectivity index (χ2n) is 7.01. The molecule has 2 aliphatic rings. The van der Waals surface area contributed by atoms with E-state index in [9.17, 15) is 19.1 Å². The Morgan fingerprint density at radius 3 is 2.77 bits per heavy atom. The van der Waals surface area contributed by atoms with Gasteiger partial charge in [-0.2, -0.15) is 0 Å². The van der Waals surface area contributed by atoms with Gasteiger partial charge in [-0.1, -0.05) is 6.42 Å². The molecule has 1 amide bonds. The molecule has 0 bridgehead atoms. The van der Waals surface area contributed by atoms with Crippen LogP contribution in [0.1, 0.15) is 25.0 Å². The Labute approximate surface area is 149 Å². The second-order valence-corrected chi connectivity index (χ2v) is 7.01. The van der Waals surface area contributed by atoms with Gasteiger partial charge in [-0.3, -0.25) is 4.79 Å². The van der Waals surface area contributed by atoms with Crippen LogP contribution in [0.15, 0.2) is 34.9 Å². The smallest absolute Gasteiger partial charge is 0.326 e. The molecular formula is C19H19FN2O4. The van der Waals surface area contributed by atoms with Crippen molar-refractivity contribution in [3.63, 3.8) is 0 Å². The van der Waals surface area contributed by atoms with Gasteiger partial charge in [-0.25, -0.2) is 14.2 Å². The fourth-order valence-electron chi connectivity index (χ4n) is 4.25. The maximum Gasteiger partial charge on any atom is 0.326 e. The number of likely N-dealkylation sites (tertiary alicyclic amines) is 1. The van der Waals surface area contributed by atoms with E-state index in [0.717, 1.165) is 19.3 Å². The molecule has 7 heteroatoms. The molecular weight excluding hydrogens is 339 g/mol. The van der Waals surface area contributed by atoms with Gasteiger partial charge < -0.3 is 14.4 Å². The highest BCUT2D eigenvalue weighted by molar-refractivity contribution is 5.85. The Morgan fingerprint density at radius 2 is 2.04 bits per heavy atom. The van der Waals surface area contributed by atoms with Crippen LogP contribution in [0.25, 0.3) is 11.5 Å². The molecule has 1 N–H and O–H groups in total. The highest BCUT2D eigenvalue weighted by Crippen LogP contribution is 2.42. The number of hydrogen-bond donors (Lipinski definition) is 1. The van der Waals surface area contributed by atoms with E-state index in [0.29, 0.717) is 23.7 Å². The zero-order valence-electron chi connectivity index (χ0n) is 14.1. The first kappa shape index (κ1) is 16.8. The van der Waals surface area contributed by atoms with E-state index < -0.39 is 12.0 Å². The van der Waals surface area contributed by atoms with Crippen molar-refractivity contribution in [2.24, 2.45) is 11.8 Å². The minimum Gasteiger partial charge on any atom is -0.480 e. The molecule has 0 spiro atoms. The van der Waals surface area contributed by atoms with E-state index in [1.165, 1.54) is 23.3 Å². The van der Waals surface area contributed by atoms with Crippen molar-refractivity contribution in [2.75, 3.05) is 6.54 Å². The summed E-state index contributed by atoms with van der Waals surface area (Å²) in [7, 11) is 0. The molecule has 1 aromatic heterocycles. The first-order valence-corrected chi connectivity index (χ1v) is 8.75. The van der Waals surface area contributed by atoms with E-state index >= 15 is 0 Å². The van der Waals surface area contributed by atoms with Gasteiger partial charge in [0.1, 0.15) is 18.1 Å². The summed E-state index contributed by atoms with van der Waals surface area (Å²) in [5.41, 5.74) is 1.06. The first-order valence-electron chi connectivity index (χ1n) is 8.75. The predicted octanol–water partition coefficient (Wildman–Crippen LogP) is 2.73. The number of aliphatic carboxylic acids is 1. The van der Waals surface area contributed by atoms with Crippen molar-refractivity contribution in [3.05, 3.63) is 42.0 Å². The Morgan fingerprint density at radius 1 is 1.27 bits per heavy atom.